The highest BCUT2D eigenvalue weighted by Crippen LogP contribution is 2.20. The van der Waals surface area contributed by atoms with Crippen LogP contribution in [0.2, 0.25) is 0 Å². The average molecular weight is 334 g/mol. The van der Waals surface area contributed by atoms with Crippen LogP contribution in [0.15, 0.2) is 24.3 Å². The number of aliphatic carboxylic acids is 1. The lowest BCUT2D eigenvalue weighted by Crippen LogP contribution is -2.40. The molecule has 0 saturated carbocycles. The van der Waals surface area contributed by atoms with Crippen LogP contribution >= 0.6 is 0 Å². The minimum absolute atomic E-state index is 0.159. The van der Waals surface area contributed by atoms with Crippen molar-refractivity contribution in [3.8, 4) is 0 Å². The van der Waals surface area contributed by atoms with Gasteiger partial charge in [-0.3, -0.25) is 14.4 Å². The van der Waals surface area contributed by atoms with Crippen LogP contribution < -0.4 is 10.6 Å². The van der Waals surface area contributed by atoms with E-state index >= 15 is 0 Å². The number of amides is 2. The lowest BCUT2D eigenvalue weighted by molar-refractivity contribution is -0.138. The molecule has 6 nitrogen and oxygen atoms in total. The maximum Gasteiger partial charge on any atom is 0.305 e. The normalized spacial score (nSPS) is 12.3. The summed E-state index contributed by atoms with van der Waals surface area (Å²) in [5.74, 6) is -1.62. The van der Waals surface area contributed by atoms with E-state index in [1.165, 1.54) is 0 Å². The summed E-state index contributed by atoms with van der Waals surface area (Å²) in [6.07, 6.45) is 0.100. The molecular formula is C18H26N2O4. The molecule has 0 saturated heterocycles. The highest BCUT2D eigenvalue weighted by molar-refractivity contribution is 5.85. The van der Waals surface area contributed by atoms with E-state index in [9.17, 15) is 14.4 Å². The van der Waals surface area contributed by atoms with Gasteiger partial charge in [-0.25, -0.2) is 0 Å². The van der Waals surface area contributed by atoms with Gasteiger partial charge in [-0.1, -0.05) is 45.0 Å². The molecule has 1 rings (SSSR count). The summed E-state index contributed by atoms with van der Waals surface area (Å²) < 4.78 is 0. The molecule has 24 heavy (non-hydrogen) atoms. The van der Waals surface area contributed by atoms with Crippen LogP contribution in [-0.4, -0.2) is 29.4 Å². The minimum Gasteiger partial charge on any atom is -0.481 e. The van der Waals surface area contributed by atoms with Crippen LogP contribution in [0.5, 0.6) is 0 Å². The van der Waals surface area contributed by atoms with Crippen molar-refractivity contribution >= 4 is 17.8 Å². The van der Waals surface area contributed by atoms with Gasteiger partial charge in [0, 0.05) is 6.42 Å². The third-order valence-electron chi connectivity index (χ3n) is 3.41. The van der Waals surface area contributed by atoms with E-state index in [-0.39, 0.29) is 24.3 Å². The van der Waals surface area contributed by atoms with Crippen LogP contribution in [0.3, 0.4) is 0 Å². The number of rotatable bonds is 7. The molecule has 0 radical (unpaired) electrons. The van der Waals surface area contributed by atoms with E-state index in [2.05, 4.69) is 10.6 Å². The van der Waals surface area contributed by atoms with E-state index in [1.807, 2.05) is 39.8 Å². The third kappa shape index (κ3) is 7.26. The number of carboxylic acids is 1. The van der Waals surface area contributed by atoms with Crippen LogP contribution in [0.25, 0.3) is 0 Å². The number of nitrogens with one attached hydrogen (secondary N) is 2. The largest absolute Gasteiger partial charge is 0.481 e. The smallest absolute Gasteiger partial charge is 0.305 e. The Kier molecular flexibility index (Phi) is 6.95. The molecule has 0 spiro atoms. The lowest BCUT2D eigenvalue weighted by Gasteiger charge is -2.20. The molecule has 0 bridgehead atoms. The predicted octanol–water partition coefficient (Wildman–Crippen LogP) is 2.18. The molecule has 1 aromatic rings. The van der Waals surface area contributed by atoms with E-state index in [4.69, 9.17) is 5.11 Å². The Labute approximate surface area is 142 Å². The average Bonchev–Trinajstić information content (AvgIpc) is 2.42. The standard InChI is InChI=1S/C18H26N2O4/c1-12-7-5-6-8-13(12)14(9-17(23)24)20-16(22)11-19-15(21)10-18(2,3)4/h5-8,14H,9-11H2,1-4H3,(H,19,21)(H,20,22)(H,23,24). The van der Waals surface area contributed by atoms with Crippen molar-refractivity contribution in [1.82, 2.24) is 10.6 Å². The Hall–Kier alpha value is -2.37. The third-order valence-corrected chi connectivity index (χ3v) is 3.41. The van der Waals surface area contributed by atoms with Gasteiger partial charge in [0.1, 0.15) is 0 Å². The van der Waals surface area contributed by atoms with Crippen molar-refractivity contribution in [2.75, 3.05) is 6.54 Å². The SMILES string of the molecule is Cc1ccccc1C(CC(=O)O)NC(=O)CNC(=O)CC(C)(C)C. The van der Waals surface area contributed by atoms with Crippen molar-refractivity contribution in [3.63, 3.8) is 0 Å². The van der Waals surface area contributed by atoms with Gasteiger partial charge in [-0.2, -0.15) is 0 Å². The van der Waals surface area contributed by atoms with Crippen molar-refractivity contribution in [3.05, 3.63) is 35.4 Å². The molecule has 3 N–H and O–H groups in total. The van der Waals surface area contributed by atoms with Crippen molar-refractivity contribution in [2.24, 2.45) is 5.41 Å². The molecular weight excluding hydrogens is 308 g/mol. The van der Waals surface area contributed by atoms with Gasteiger partial charge in [-0.15, -0.1) is 0 Å². The zero-order valence-electron chi connectivity index (χ0n) is 14.7. The van der Waals surface area contributed by atoms with Crippen molar-refractivity contribution in [2.45, 2.75) is 46.6 Å². The van der Waals surface area contributed by atoms with Gasteiger partial charge in [0.25, 0.3) is 0 Å². The minimum atomic E-state index is -1.000. The molecule has 2 amide bonds. The number of benzene rings is 1. The zero-order valence-corrected chi connectivity index (χ0v) is 14.7. The Balaban J connectivity index is 2.67. The summed E-state index contributed by atoms with van der Waals surface area (Å²) in [6.45, 7) is 7.51. The molecule has 0 fully saturated rings. The summed E-state index contributed by atoms with van der Waals surface area (Å²) >= 11 is 0. The van der Waals surface area contributed by atoms with Crippen LogP contribution in [-0.2, 0) is 14.4 Å². The fourth-order valence-electron chi connectivity index (χ4n) is 2.36. The molecule has 0 aliphatic heterocycles. The summed E-state index contributed by atoms with van der Waals surface area (Å²) in [7, 11) is 0. The predicted molar refractivity (Wildman–Crippen MR) is 91.4 cm³/mol. The van der Waals surface area contributed by atoms with Crippen molar-refractivity contribution in [1.29, 1.82) is 0 Å². The topological polar surface area (TPSA) is 95.5 Å². The van der Waals surface area contributed by atoms with Gasteiger partial charge >= 0.3 is 5.97 Å². The maximum absolute atomic E-state index is 12.1. The molecule has 1 atom stereocenters. The van der Waals surface area contributed by atoms with Gasteiger partial charge < -0.3 is 15.7 Å². The second-order valence-electron chi connectivity index (χ2n) is 7.09. The monoisotopic (exact) mass is 334 g/mol. The summed E-state index contributed by atoms with van der Waals surface area (Å²) in [5.41, 5.74) is 1.50. The number of hydrogen-bond acceptors (Lipinski definition) is 3. The first-order valence-electron chi connectivity index (χ1n) is 7.92. The Morgan fingerprint density at radius 1 is 1.12 bits per heavy atom. The molecule has 132 valence electrons. The number of carbonyl (C=O) groups excluding carboxylic acids is 2. The van der Waals surface area contributed by atoms with Gasteiger partial charge in [-0.05, 0) is 23.5 Å². The first-order valence-corrected chi connectivity index (χ1v) is 7.92. The first-order chi connectivity index (χ1) is 11.1. The highest BCUT2D eigenvalue weighted by Gasteiger charge is 2.20. The molecule has 0 aliphatic carbocycles. The Morgan fingerprint density at radius 3 is 2.29 bits per heavy atom. The van der Waals surface area contributed by atoms with Crippen LogP contribution in [0.1, 0.15) is 50.8 Å². The maximum atomic E-state index is 12.1. The fraction of sp³-hybridized carbons (Fsp3) is 0.500. The molecule has 6 heteroatoms. The van der Waals surface area contributed by atoms with Gasteiger partial charge in [0.05, 0.1) is 19.0 Å². The van der Waals surface area contributed by atoms with Crippen molar-refractivity contribution < 1.29 is 19.5 Å². The lowest BCUT2D eigenvalue weighted by atomic mass is 9.92. The fourth-order valence-corrected chi connectivity index (χ4v) is 2.36. The van der Waals surface area contributed by atoms with E-state index < -0.39 is 17.9 Å². The molecule has 0 aromatic heterocycles. The number of hydrogen-bond donors (Lipinski definition) is 3. The summed E-state index contributed by atoms with van der Waals surface area (Å²) in [4.78, 5) is 34.9. The van der Waals surface area contributed by atoms with E-state index in [1.54, 1.807) is 12.1 Å². The van der Waals surface area contributed by atoms with Gasteiger partial charge in [0.15, 0.2) is 0 Å². The quantitative estimate of drug-likeness (QED) is 0.712. The Morgan fingerprint density at radius 2 is 1.75 bits per heavy atom. The highest BCUT2D eigenvalue weighted by atomic mass is 16.4. The second kappa shape index (κ2) is 8.47. The molecule has 0 aliphatic rings. The molecule has 1 unspecified atom stereocenters. The summed E-state index contributed by atoms with van der Waals surface area (Å²) in [6, 6.07) is 6.68. The van der Waals surface area contributed by atoms with Crippen LogP contribution in [0, 0.1) is 12.3 Å². The van der Waals surface area contributed by atoms with Crippen LogP contribution in [0.4, 0.5) is 0 Å². The van der Waals surface area contributed by atoms with E-state index in [0.717, 1.165) is 11.1 Å². The first kappa shape index (κ1) is 19.7. The Bertz CT molecular complexity index is 605. The van der Waals surface area contributed by atoms with E-state index in [0.29, 0.717) is 6.42 Å². The van der Waals surface area contributed by atoms with Gasteiger partial charge in [0.2, 0.25) is 11.8 Å². The number of carboxylic acid groups (broad SMARTS) is 1. The molecule has 0 heterocycles. The second-order valence-corrected chi connectivity index (χ2v) is 7.09. The molecule has 1 aromatic carbocycles. The number of aryl methyl sites for hydroxylation is 1. The summed E-state index contributed by atoms with van der Waals surface area (Å²) in [5, 5.41) is 14.3. The zero-order chi connectivity index (χ0) is 18.3. The number of carbonyl (C=O) groups is 3.